The van der Waals surface area contributed by atoms with Crippen molar-refractivity contribution in [3.8, 4) is 0 Å². The van der Waals surface area contributed by atoms with Crippen molar-refractivity contribution in [1.29, 1.82) is 0 Å². The number of rotatable bonds is 7. The summed E-state index contributed by atoms with van der Waals surface area (Å²) in [6.07, 6.45) is 0.551. The molecule has 0 radical (unpaired) electrons. The van der Waals surface area contributed by atoms with E-state index in [1.54, 1.807) is 0 Å². The second-order valence-corrected chi connectivity index (χ2v) is 5.49. The lowest BCUT2D eigenvalue weighted by Crippen LogP contribution is -2.31. The average molecular weight is 445 g/mol. The zero-order valence-electron chi connectivity index (χ0n) is 17.2. The van der Waals surface area contributed by atoms with E-state index in [1.165, 1.54) is 6.92 Å². The van der Waals surface area contributed by atoms with Crippen LogP contribution in [-0.2, 0) is 24.0 Å². The van der Waals surface area contributed by atoms with Gasteiger partial charge in [-0.2, -0.15) is 0 Å². The van der Waals surface area contributed by atoms with Gasteiger partial charge in [-0.1, -0.05) is 13.8 Å². The molecule has 0 aliphatic heterocycles. The Labute approximate surface area is 173 Å². The summed E-state index contributed by atoms with van der Waals surface area (Å²) in [7, 11) is 0. The van der Waals surface area contributed by atoms with Crippen molar-refractivity contribution in [1.82, 2.24) is 0 Å². The van der Waals surface area contributed by atoms with E-state index in [0.29, 0.717) is 12.3 Å². The van der Waals surface area contributed by atoms with Gasteiger partial charge in [-0.05, 0) is 19.3 Å². The van der Waals surface area contributed by atoms with Gasteiger partial charge in [0.25, 0.3) is 0 Å². The van der Waals surface area contributed by atoms with Crippen molar-refractivity contribution in [2.45, 2.75) is 39.3 Å². The van der Waals surface area contributed by atoms with E-state index in [-0.39, 0.29) is 19.6 Å². The second-order valence-electron chi connectivity index (χ2n) is 5.49. The second kappa shape index (κ2) is 26.1. The van der Waals surface area contributed by atoms with Crippen molar-refractivity contribution >= 4 is 29.8 Å². The summed E-state index contributed by atoms with van der Waals surface area (Å²) in [5.41, 5.74) is 23.8. The molecule has 15 N–H and O–H groups in total. The first kappa shape index (κ1) is 37.8. The summed E-state index contributed by atoms with van der Waals surface area (Å²) >= 11 is 0. The van der Waals surface area contributed by atoms with Gasteiger partial charge in [0, 0.05) is 0 Å². The lowest BCUT2D eigenvalue weighted by molar-refractivity contribution is -0.139. The average Bonchev–Trinajstić information content (AvgIpc) is 2.62. The van der Waals surface area contributed by atoms with Gasteiger partial charge in [-0.3, -0.25) is 24.0 Å². The fourth-order valence-electron chi connectivity index (χ4n) is 0.609. The molecule has 15 nitrogen and oxygen atoms in total. The number of hydrogen-bond donors (Lipinski definition) is 10. The summed E-state index contributed by atoms with van der Waals surface area (Å²) in [5, 5.41) is 39.0. The summed E-state index contributed by atoms with van der Waals surface area (Å²) in [5.74, 6) is -4.42. The highest BCUT2D eigenvalue weighted by atomic mass is 16.4. The normalized spacial score (nSPS) is 10.6. The Morgan fingerprint density at radius 1 is 0.633 bits per heavy atom. The van der Waals surface area contributed by atoms with E-state index in [0.717, 1.165) is 0 Å². The molecule has 15 heteroatoms. The van der Waals surface area contributed by atoms with Gasteiger partial charge in [-0.25, -0.2) is 0 Å². The quantitative estimate of drug-likeness (QED) is 0.186. The Balaban J connectivity index is -0.0000000891. The van der Waals surface area contributed by atoms with Gasteiger partial charge in [0.05, 0.1) is 19.6 Å². The molecule has 30 heavy (non-hydrogen) atoms. The van der Waals surface area contributed by atoms with Gasteiger partial charge < -0.3 is 54.2 Å². The van der Waals surface area contributed by atoms with Gasteiger partial charge in [0.15, 0.2) is 0 Å². The lowest BCUT2D eigenvalue weighted by Gasteiger charge is -2.07. The molecule has 0 fully saturated rings. The summed E-state index contributed by atoms with van der Waals surface area (Å²) < 4.78 is 0. The zero-order chi connectivity index (χ0) is 25.4. The first-order chi connectivity index (χ1) is 13.5. The summed E-state index contributed by atoms with van der Waals surface area (Å²) in [6.45, 7) is 4.48. The van der Waals surface area contributed by atoms with Crippen LogP contribution in [0.1, 0.15) is 27.2 Å². The number of nitrogens with two attached hydrogens (primary N) is 5. The number of aliphatic carboxylic acids is 5. The van der Waals surface area contributed by atoms with Crippen LogP contribution >= 0.6 is 0 Å². The Kier molecular flexibility index (Phi) is 33.0. The van der Waals surface area contributed by atoms with Crippen LogP contribution < -0.4 is 28.7 Å². The highest BCUT2D eigenvalue weighted by Crippen LogP contribution is 2.01. The Bertz CT molecular complexity index is 453. The van der Waals surface area contributed by atoms with E-state index >= 15 is 0 Å². The fourth-order valence-corrected chi connectivity index (χ4v) is 0.609. The van der Waals surface area contributed by atoms with Crippen LogP contribution in [0.5, 0.6) is 0 Å². The minimum absolute atomic E-state index is 0.278. The SMILES string of the molecule is CC(C)C[C@H](N)C(=O)O.C[C@H](N)C(=O)O.NCC(=O)O.NCC(=O)O.NCC(=O)O. The van der Waals surface area contributed by atoms with Crippen LogP contribution in [0.15, 0.2) is 0 Å². The van der Waals surface area contributed by atoms with Crippen LogP contribution in [0, 0.1) is 5.92 Å². The molecule has 0 rings (SSSR count). The number of carboxylic acids is 5. The van der Waals surface area contributed by atoms with Gasteiger partial charge in [0.2, 0.25) is 0 Å². The van der Waals surface area contributed by atoms with Crippen LogP contribution in [-0.4, -0.2) is 87.1 Å². The van der Waals surface area contributed by atoms with Crippen LogP contribution in [0.3, 0.4) is 0 Å². The predicted octanol–water partition coefficient (Wildman–Crippen LogP) is -3.05. The van der Waals surface area contributed by atoms with Crippen LogP contribution in [0.4, 0.5) is 0 Å². The maximum Gasteiger partial charge on any atom is 0.320 e. The third kappa shape index (κ3) is 63.9. The largest absolute Gasteiger partial charge is 0.480 e. The molecule has 0 spiro atoms. The molecule has 0 aromatic carbocycles. The smallest absolute Gasteiger partial charge is 0.320 e. The Hall–Kier alpha value is -2.85. The molecular weight excluding hydrogens is 410 g/mol. The third-order valence-electron chi connectivity index (χ3n) is 1.96. The fraction of sp³-hybridized carbons (Fsp3) is 0.667. The molecule has 0 unspecified atom stereocenters. The molecule has 0 aromatic rings. The Morgan fingerprint density at radius 2 is 0.833 bits per heavy atom. The number of carbonyl (C=O) groups is 5. The maximum atomic E-state index is 10.1. The van der Waals surface area contributed by atoms with Gasteiger partial charge in [0.1, 0.15) is 12.1 Å². The highest BCUT2D eigenvalue weighted by molar-refractivity contribution is 5.73. The molecular formula is C15H35N5O10. The van der Waals surface area contributed by atoms with Crippen molar-refractivity contribution in [3.63, 3.8) is 0 Å². The van der Waals surface area contributed by atoms with Gasteiger partial charge in [-0.15, -0.1) is 0 Å². The van der Waals surface area contributed by atoms with Crippen LogP contribution in [0.2, 0.25) is 0 Å². The first-order valence-corrected chi connectivity index (χ1v) is 8.22. The van der Waals surface area contributed by atoms with E-state index in [9.17, 15) is 24.0 Å². The van der Waals surface area contributed by atoms with E-state index in [2.05, 4.69) is 17.2 Å². The molecule has 0 aliphatic carbocycles. The molecule has 2 atom stereocenters. The molecule has 0 saturated heterocycles. The Morgan fingerprint density at radius 3 is 0.867 bits per heavy atom. The molecule has 0 bridgehead atoms. The molecule has 0 saturated carbocycles. The van der Waals surface area contributed by atoms with Crippen LogP contribution in [0.25, 0.3) is 0 Å². The minimum atomic E-state index is -0.968. The molecule has 0 heterocycles. The first-order valence-electron chi connectivity index (χ1n) is 8.22. The minimum Gasteiger partial charge on any atom is -0.480 e. The van der Waals surface area contributed by atoms with E-state index in [1.807, 2.05) is 13.8 Å². The van der Waals surface area contributed by atoms with E-state index in [4.69, 9.17) is 37.0 Å². The highest BCUT2D eigenvalue weighted by Gasteiger charge is 2.11. The summed E-state index contributed by atoms with van der Waals surface area (Å²) in [4.78, 5) is 47.4. The van der Waals surface area contributed by atoms with Crippen molar-refractivity contribution in [2.75, 3.05) is 19.6 Å². The van der Waals surface area contributed by atoms with Crippen molar-refractivity contribution < 1.29 is 49.5 Å². The number of hydrogen-bond acceptors (Lipinski definition) is 10. The van der Waals surface area contributed by atoms with Gasteiger partial charge >= 0.3 is 29.8 Å². The molecule has 0 aromatic heterocycles. The topological polar surface area (TPSA) is 317 Å². The molecule has 0 aliphatic rings. The zero-order valence-corrected chi connectivity index (χ0v) is 17.2. The van der Waals surface area contributed by atoms with Crippen molar-refractivity contribution in [2.24, 2.45) is 34.6 Å². The molecule has 0 amide bonds. The van der Waals surface area contributed by atoms with Crippen molar-refractivity contribution in [3.05, 3.63) is 0 Å². The maximum absolute atomic E-state index is 10.1. The van der Waals surface area contributed by atoms with E-state index < -0.39 is 41.9 Å². The summed E-state index contributed by atoms with van der Waals surface area (Å²) in [6, 6.07) is -1.42. The standard InChI is InChI=1S/C6H13NO2.C3H7NO2.3C2H5NO2/c1-4(2)3-5(7)6(8)9;1-2(4)3(5)6;3*3-1-2(4)5/h4-5H,3,7H2,1-2H3,(H,8,9);2H,4H2,1H3,(H,5,6);3*1,3H2,(H,4,5)/t5-;2-;;;/m00.../s1. The number of carboxylic acid groups (broad SMARTS) is 5. The third-order valence-corrected chi connectivity index (χ3v) is 1.96. The molecule has 180 valence electrons. The monoisotopic (exact) mass is 445 g/mol. The lowest BCUT2D eigenvalue weighted by atomic mass is 10.1. The predicted molar refractivity (Wildman–Crippen MR) is 106 cm³/mol.